The minimum atomic E-state index is -5.24. The van der Waals surface area contributed by atoms with Gasteiger partial charge in [-0.3, -0.25) is 5.32 Å². The number of esters is 1. The molecule has 2 aromatic carbocycles. The van der Waals surface area contributed by atoms with Gasteiger partial charge in [0.2, 0.25) is 0 Å². The van der Waals surface area contributed by atoms with E-state index in [4.69, 9.17) is 21.1 Å². The number of rotatable bonds is 3. The molecule has 3 aromatic rings. The lowest BCUT2D eigenvalue weighted by Crippen LogP contribution is -2.46. The highest BCUT2D eigenvalue weighted by molar-refractivity contribution is 7.90. The Morgan fingerprint density at radius 1 is 1.22 bits per heavy atom. The topological polar surface area (TPSA) is 86.6 Å². The summed E-state index contributed by atoms with van der Waals surface area (Å²) in [4.78, 5) is 11.7. The normalized spacial score (nSPS) is 19.2. The second kappa shape index (κ2) is 7.68. The molecule has 2 heterocycles. The van der Waals surface area contributed by atoms with Crippen molar-refractivity contribution in [1.82, 2.24) is 9.29 Å². The SMILES string of the molecule is CC1(OC(=O)C(F)(F)F)NCCOc2ccc3c(c(Cl)cn3S(=O)(=O)c3ccccc3)c21. The number of hydrogen-bond acceptors (Lipinski definition) is 6. The first-order valence-corrected chi connectivity index (χ1v) is 11.1. The van der Waals surface area contributed by atoms with E-state index in [-0.39, 0.29) is 45.3 Å². The van der Waals surface area contributed by atoms with Crippen molar-refractivity contribution in [3.05, 3.63) is 59.2 Å². The Bertz CT molecular complexity index is 1310. The molecule has 0 saturated carbocycles. The fourth-order valence-electron chi connectivity index (χ4n) is 3.60. The van der Waals surface area contributed by atoms with Crippen LogP contribution in [0, 0.1) is 0 Å². The van der Waals surface area contributed by atoms with E-state index in [1.807, 2.05) is 0 Å². The van der Waals surface area contributed by atoms with Crippen molar-refractivity contribution in [3.63, 3.8) is 0 Å². The molecule has 32 heavy (non-hydrogen) atoms. The van der Waals surface area contributed by atoms with Gasteiger partial charge < -0.3 is 9.47 Å². The Morgan fingerprint density at radius 2 is 1.91 bits per heavy atom. The van der Waals surface area contributed by atoms with Crippen LogP contribution in [0.25, 0.3) is 10.9 Å². The maximum absolute atomic E-state index is 13.2. The number of carbonyl (C=O) groups excluding carboxylic acids is 1. The molecule has 0 spiro atoms. The first kappa shape index (κ1) is 22.4. The highest BCUT2D eigenvalue weighted by atomic mass is 35.5. The molecule has 1 aliphatic rings. The molecule has 1 N–H and O–H groups in total. The Labute approximate surface area is 185 Å². The fraction of sp³-hybridized carbons (Fsp3) is 0.250. The van der Waals surface area contributed by atoms with Crippen LogP contribution in [0.4, 0.5) is 13.2 Å². The van der Waals surface area contributed by atoms with Crippen molar-refractivity contribution in [3.8, 4) is 5.75 Å². The highest BCUT2D eigenvalue weighted by Gasteiger charge is 2.47. The summed E-state index contributed by atoms with van der Waals surface area (Å²) in [5.74, 6) is -2.30. The number of carbonyl (C=O) groups is 1. The molecule has 170 valence electrons. The third kappa shape index (κ3) is 3.70. The lowest BCUT2D eigenvalue weighted by Gasteiger charge is -2.31. The van der Waals surface area contributed by atoms with Gasteiger partial charge in [0, 0.05) is 18.1 Å². The number of aromatic nitrogens is 1. The van der Waals surface area contributed by atoms with Crippen LogP contribution in [0.5, 0.6) is 5.75 Å². The van der Waals surface area contributed by atoms with E-state index < -0.39 is 27.9 Å². The monoisotopic (exact) mass is 488 g/mol. The van der Waals surface area contributed by atoms with Gasteiger partial charge in [-0.1, -0.05) is 29.8 Å². The molecule has 0 saturated heterocycles. The van der Waals surface area contributed by atoms with Crippen LogP contribution in [0.3, 0.4) is 0 Å². The number of halogens is 4. The summed E-state index contributed by atoms with van der Waals surface area (Å²) in [6.07, 6.45) is -4.09. The highest BCUT2D eigenvalue weighted by Crippen LogP contribution is 2.43. The standard InChI is InChI=1S/C20H16ClF3N2O5S/c1-19(31-18(27)20(22,23)24)17-15(30-10-9-25-19)8-7-14-16(17)13(21)11-26(14)32(28,29)12-5-3-2-4-6-12/h2-8,11,25H,9-10H2,1H3. The zero-order valence-corrected chi connectivity index (χ0v) is 18.0. The third-order valence-corrected chi connectivity index (χ3v) is 6.95. The molecule has 1 aromatic heterocycles. The lowest BCUT2D eigenvalue weighted by molar-refractivity contribution is -0.216. The summed E-state index contributed by atoms with van der Waals surface area (Å²) < 4.78 is 76.6. The minimum absolute atomic E-state index is 0.0101. The smallest absolute Gasteiger partial charge is 0.491 e. The molecule has 1 atom stereocenters. The van der Waals surface area contributed by atoms with Crippen LogP contribution in [-0.4, -0.2) is 37.7 Å². The second-order valence-corrected chi connectivity index (χ2v) is 9.34. The number of fused-ring (bicyclic) bond motifs is 3. The molecule has 12 heteroatoms. The van der Waals surface area contributed by atoms with Gasteiger partial charge in [0.15, 0.2) is 5.72 Å². The Kier molecular flexibility index (Phi) is 5.38. The maximum atomic E-state index is 13.2. The Balaban J connectivity index is 1.96. The summed E-state index contributed by atoms with van der Waals surface area (Å²) in [6.45, 7) is 1.35. The van der Waals surface area contributed by atoms with Crippen LogP contribution in [0.2, 0.25) is 5.02 Å². The molecule has 1 aliphatic heterocycles. The van der Waals surface area contributed by atoms with E-state index in [2.05, 4.69) is 5.32 Å². The summed E-state index contributed by atoms with van der Waals surface area (Å²) in [6, 6.07) is 10.4. The van der Waals surface area contributed by atoms with Crippen LogP contribution in [0.1, 0.15) is 12.5 Å². The molecule has 7 nitrogen and oxygen atoms in total. The van der Waals surface area contributed by atoms with Gasteiger partial charge in [0.25, 0.3) is 10.0 Å². The molecule has 1 unspecified atom stereocenters. The lowest BCUT2D eigenvalue weighted by atomic mass is 9.98. The molecule has 4 rings (SSSR count). The van der Waals surface area contributed by atoms with Gasteiger partial charge >= 0.3 is 12.1 Å². The molecular weight excluding hydrogens is 473 g/mol. The summed E-state index contributed by atoms with van der Waals surface area (Å²) in [5, 5.41) is 2.74. The van der Waals surface area contributed by atoms with E-state index >= 15 is 0 Å². The van der Waals surface area contributed by atoms with Crippen LogP contribution in [-0.2, 0) is 25.3 Å². The molecule has 0 fully saturated rings. The van der Waals surface area contributed by atoms with Crippen LogP contribution < -0.4 is 10.1 Å². The maximum Gasteiger partial charge on any atom is 0.491 e. The second-order valence-electron chi connectivity index (χ2n) is 7.12. The van der Waals surface area contributed by atoms with Gasteiger partial charge in [-0.2, -0.15) is 13.2 Å². The predicted molar refractivity (Wildman–Crippen MR) is 109 cm³/mol. The molecular formula is C20H16ClF3N2O5S. The first-order chi connectivity index (χ1) is 14.9. The van der Waals surface area contributed by atoms with Gasteiger partial charge in [-0.15, -0.1) is 0 Å². The predicted octanol–water partition coefficient (Wildman–Crippen LogP) is 3.79. The third-order valence-electron chi connectivity index (χ3n) is 4.98. The zero-order valence-electron chi connectivity index (χ0n) is 16.4. The van der Waals surface area contributed by atoms with Crippen molar-refractivity contribution < 1.29 is 35.9 Å². The number of hydrogen-bond donors (Lipinski definition) is 1. The molecule has 0 amide bonds. The largest absolute Gasteiger partial charge is 0.492 e. The molecule has 0 radical (unpaired) electrons. The Hall–Kier alpha value is -2.76. The van der Waals surface area contributed by atoms with Gasteiger partial charge in [0.1, 0.15) is 12.4 Å². The van der Waals surface area contributed by atoms with Gasteiger partial charge in [0.05, 0.1) is 21.0 Å². The minimum Gasteiger partial charge on any atom is -0.492 e. The first-order valence-electron chi connectivity index (χ1n) is 9.28. The summed E-state index contributed by atoms with van der Waals surface area (Å²) >= 11 is 6.38. The summed E-state index contributed by atoms with van der Waals surface area (Å²) in [7, 11) is -4.08. The van der Waals surface area contributed by atoms with E-state index in [9.17, 15) is 26.4 Å². The average Bonchev–Trinajstić information content (AvgIpc) is 2.98. The van der Waals surface area contributed by atoms with Crippen molar-refractivity contribution in [2.45, 2.75) is 23.7 Å². The van der Waals surface area contributed by atoms with Crippen molar-refractivity contribution in [2.24, 2.45) is 0 Å². The Morgan fingerprint density at radius 3 is 2.56 bits per heavy atom. The molecule has 0 aliphatic carbocycles. The van der Waals surface area contributed by atoms with E-state index in [1.165, 1.54) is 31.2 Å². The molecule has 0 bridgehead atoms. The van der Waals surface area contributed by atoms with Crippen LogP contribution in [0.15, 0.2) is 53.6 Å². The van der Waals surface area contributed by atoms with E-state index in [0.29, 0.717) is 0 Å². The number of ether oxygens (including phenoxy) is 2. The van der Waals surface area contributed by atoms with Crippen molar-refractivity contribution >= 4 is 38.5 Å². The average molecular weight is 489 g/mol. The number of nitrogens with one attached hydrogen (secondary N) is 1. The fourth-order valence-corrected chi connectivity index (χ4v) is 5.33. The van der Waals surface area contributed by atoms with Crippen molar-refractivity contribution in [2.75, 3.05) is 13.2 Å². The van der Waals surface area contributed by atoms with E-state index in [1.54, 1.807) is 18.2 Å². The number of alkyl halides is 3. The number of nitrogens with zero attached hydrogens (tertiary/aromatic N) is 1. The van der Waals surface area contributed by atoms with Gasteiger partial charge in [-0.05, 0) is 31.2 Å². The van der Waals surface area contributed by atoms with Gasteiger partial charge in [-0.25, -0.2) is 17.2 Å². The van der Waals surface area contributed by atoms with E-state index in [0.717, 1.165) is 10.2 Å². The zero-order chi connectivity index (χ0) is 23.3. The van der Waals surface area contributed by atoms with Crippen LogP contribution >= 0.6 is 11.6 Å². The quantitative estimate of drug-likeness (QED) is 0.564. The number of benzene rings is 2. The van der Waals surface area contributed by atoms with Crippen molar-refractivity contribution in [1.29, 1.82) is 0 Å². The summed E-state index contributed by atoms with van der Waals surface area (Å²) in [5.41, 5.74) is -1.93.